The van der Waals surface area contributed by atoms with E-state index in [1.807, 2.05) is 0 Å². The zero-order valence-corrected chi connectivity index (χ0v) is 18.4. The molecule has 8 nitrogen and oxygen atoms in total. The lowest BCUT2D eigenvalue weighted by Gasteiger charge is -2.35. The molecule has 4 aliphatic rings. The highest BCUT2D eigenvalue weighted by Crippen LogP contribution is 2.61. The Hall–Kier alpha value is -3.13. The van der Waals surface area contributed by atoms with Gasteiger partial charge in [-0.1, -0.05) is 0 Å². The van der Waals surface area contributed by atoms with Crippen molar-refractivity contribution in [1.29, 1.82) is 5.26 Å². The van der Waals surface area contributed by atoms with E-state index in [1.54, 1.807) is 13.8 Å². The maximum Gasteiger partial charge on any atom is 0.417 e. The van der Waals surface area contributed by atoms with Crippen molar-refractivity contribution in [3.8, 4) is 6.07 Å². The smallest absolute Gasteiger partial charge is 0.417 e. The molecule has 5 rings (SSSR count). The van der Waals surface area contributed by atoms with Crippen LogP contribution in [0, 0.1) is 29.1 Å². The Balaban J connectivity index is 1.44. The molecule has 180 valence electrons. The summed E-state index contributed by atoms with van der Waals surface area (Å²) in [5.74, 6) is -2.88. The Morgan fingerprint density at radius 1 is 1.26 bits per heavy atom. The largest absolute Gasteiger partial charge is 0.449 e. The fourth-order valence-corrected chi connectivity index (χ4v) is 5.67. The molecule has 0 aromatic heterocycles. The topological polar surface area (TPSA) is 109 Å². The average Bonchev–Trinajstić information content (AvgIpc) is 3.43. The quantitative estimate of drug-likeness (QED) is 0.668. The summed E-state index contributed by atoms with van der Waals surface area (Å²) in [6, 6.07) is 3.61. The molecule has 3 heterocycles. The van der Waals surface area contributed by atoms with E-state index in [9.17, 15) is 27.6 Å². The fraction of sp³-hybridized carbons (Fsp3) is 0.565. The summed E-state index contributed by atoms with van der Waals surface area (Å²) in [5.41, 5.74) is -4.41. The van der Waals surface area contributed by atoms with Crippen LogP contribution in [0.25, 0.3) is 0 Å². The van der Waals surface area contributed by atoms with E-state index in [4.69, 9.17) is 14.7 Å². The number of alkyl carbamates (subject to hydrolysis) is 1. The number of amides is 3. The Kier molecular flexibility index (Phi) is 4.79. The number of nitrogens with one attached hydrogen (secondary N) is 1. The van der Waals surface area contributed by atoms with Gasteiger partial charge in [-0.25, -0.2) is 9.69 Å². The zero-order chi connectivity index (χ0) is 24.6. The molecule has 4 fully saturated rings. The van der Waals surface area contributed by atoms with Crippen LogP contribution >= 0.6 is 0 Å². The third-order valence-electron chi connectivity index (χ3n) is 7.46. The first-order valence-corrected chi connectivity index (χ1v) is 11.0. The summed E-state index contributed by atoms with van der Waals surface area (Å²) < 4.78 is 51.8. The van der Waals surface area contributed by atoms with E-state index < -0.39 is 64.3 Å². The van der Waals surface area contributed by atoms with Gasteiger partial charge in [-0.2, -0.15) is 18.4 Å². The van der Waals surface area contributed by atoms with Crippen molar-refractivity contribution in [3.63, 3.8) is 0 Å². The molecule has 5 atom stereocenters. The average molecular weight is 477 g/mol. The minimum Gasteiger partial charge on any atom is -0.449 e. The monoisotopic (exact) mass is 477 g/mol. The molecule has 1 aromatic rings. The van der Waals surface area contributed by atoms with Gasteiger partial charge in [0.25, 0.3) is 0 Å². The number of nitriles is 1. The number of halogens is 3. The summed E-state index contributed by atoms with van der Waals surface area (Å²) in [6.07, 6.45) is -3.20. The van der Waals surface area contributed by atoms with Crippen LogP contribution in [0.2, 0.25) is 0 Å². The van der Waals surface area contributed by atoms with Gasteiger partial charge in [-0.3, -0.25) is 9.59 Å². The second-order valence-electron chi connectivity index (χ2n) is 9.85. The van der Waals surface area contributed by atoms with E-state index in [0.717, 1.165) is 29.9 Å². The lowest BCUT2D eigenvalue weighted by molar-refractivity contribution is -0.138. The lowest BCUT2D eigenvalue weighted by atomic mass is 9.66. The number of benzene rings is 1. The third kappa shape index (κ3) is 3.27. The first-order chi connectivity index (χ1) is 15.9. The summed E-state index contributed by atoms with van der Waals surface area (Å²) in [7, 11) is 0. The predicted molar refractivity (Wildman–Crippen MR) is 109 cm³/mol. The summed E-state index contributed by atoms with van der Waals surface area (Å²) in [5, 5.41) is 11.8. The van der Waals surface area contributed by atoms with Crippen LogP contribution < -0.4 is 10.2 Å². The van der Waals surface area contributed by atoms with Gasteiger partial charge < -0.3 is 14.8 Å². The van der Waals surface area contributed by atoms with Crippen LogP contribution in [0.3, 0.4) is 0 Å². The molecule has 1 aromatic carbocycles. The highest BCUT2D eigenvalue weighted by atomic mass is 19.4. The van der Waals surface area contributed by atoms with Crippen molar-refractivity contribution in [1.82, 2.24) is 5.32 Å². The number of anilines is 1. The van der Waals surface area contributed by atoms with Crippen molar-refractivity contribution in [2.24, 2.45) is 17.8 Å². The van der Waals surface area contributed by atoms with Gasteiger partial charge in [0.15, 0.2) is 0 Å². The van der Waals surface area contributed by atoms with Crippen LogP contribution in [0.1, 0.15) is 44.2 Å². The molecule has 0 spiro atoms. The second-order valence-corrected chi connectivity index (χ2v) is 9.85. The molecule has 0 radical (unpaired) electrons. The lowest BCUT2D eigenvalue weighted by Crippen LogP contribution is -2.56. The number of alkyl halides is 3. The molecule has 34 heavy (non-hydrogen) atoms. The van der Waals surface area contributed by atoms with Crippen LogP contribution in [-0.2, 0) is 25.2 Å². The summed E-state index contributed by atoms with van der Waals surface area (Å²) in [6.45, 7) is 3.61. The molecule has 3 saturated heterocycles. The molecular formula is C23H22F3N3O5. The second kappa shape index (κ2) is 7.18. The summed E-state index contributed by atoms with van der Waals surface area (Å²) in [4.78, 5) is 39.8. The Morgan fingerprint density at radius 3 is 2.56 bits per heavy atom. The fourth-order valence-electron chi connectivity index (χ4n) is 5.67. The molecular weight excluding hydrogens is 455 g/mol. The van der Waals surface area contributed by atoms with E-state index in [-0.39, 0.29) is 12.1 Å². The number of hydrogen-bond donors (Lipinski definition) is 1. The molecule has 3 aliphatic heterocycles. The van der Waals surface area contributed by atoms with Gasteiger partial charge in [-0.05, 0) is 50.8 Å². The number of ether oxygens (including phenoxy) is 2. The molecule has 1 aliphatic carbocycles. The van der Waals surface area contributed by atoms with Crippen molar-refractivity contribution in [3.05, 3.63) is 29.3 Å². The minimum absolute atomic E-state index is 0.247. The van der Waals surface area contributed by atoms with E-state index in [2.05, 4.69) is 5.32 Å². The van der Waals surface area contributed by atoms with Crippen LogP contribution in [0.4, 0.5) is 23.7 Å². The number of rotatable bonds is 4. The predicted octanol–water partition coefficient (Wildman–Crippen LogP) is 3.14. The molecule has 0 unspecified atom stereocenters. The highest BCUT2D eigenvalue weighted by Gasteiger charge is 2.76. The van der Waals surface area contributed by atoms with Crippen molar-refractivity contribution in [2.45, 2.75) is 56.5 Å². The third-order valence-corrected chi connectivity index (χ3v) is 7.46. The van der Waals surface area contributed by atoms with Gasteiger partial charge in [0.05, 0.1) is 58.6 Å². The number of hydrogen-bond acceptors (Lipinski definition) is 6. The normalized spacial score (nSPS) is 34.2. The van der Waals surface area contributed by atoms with Crippen LogP contribution in [0.15, 0.2) is 18.2 Å². The van der Waals surface area contributed by atoms with E-state index in [0.29, 0.717) is 18.6 Å². The van der Waals surface area contributed by atoms with Crippen molar-refractivity contribution < 1.29 is 37.0 Å². The van der Waals surface area contributed by atoms with Gasteiger partial charge in [0.1, 0.15) is 0 Å². The number of carbonyl (C=O) groups excluding carboxylic acids is 3. The van der Waals surface area contributed by atoms with E-state index in [1.165, 1.54) is 6.07 Å². The van der Waals surface area contributed by atoms with Gasteiger partial charge in [0, 0.05) is 6.42 Å². The van der Waals surface area contributed by atoms with Crippen LogP contribution in [0.5, 0.6) is 0 Å². The van der Waals surface area contributed by atoms with Crippen LogP contribution in [-0.4, -0.2) is 41.8 Å². The Bertz CT molecular complexity index is 1140. The van der Waals surface area contributed by atoms with Gasteiger partial charge >= 0.3 is 12.3 Å². The van der Waals surface area contributed by atoms with Gasteiger partial charge in [-0.15, -0.1) is 0 Å². The Labute approximate surface area is 193 Å². The standard InChI is InChI=1S/C23H22F3N3O5/c1-21-8-15(28-20(32)33-10-11-3-4-11)22(2,34-21)17-16(21)18(30)29(19(17)31)13-6-5-12(9-27)14(7-13)23(24,25)26/h5-7,11,15-17H,3-4,8,10H2,1-2H3,(H,28,32)/t15-,16-,17+,21+,22-/m0/s1. The number of imide groups is 1. The molecule has 1 saturated carbocycles. The first-order valence-electron chi connectivity index (χ1n) is 11.0. The minimum atomic E-state index is -4.83. The van der Waals surface area contributed by atoms with Gasteiger partial charge in [0.2, 0.25) is 11.8 Å². The maximum atomic E-state index is 13.5. The zero-order valence-electron chi connectivity index (χ0n) is 18.4. The number of carbonyl (C=O) groups is 3. The van der Waals surface area contributed by atoms with E-state index >= 15 is 0 Å². The number of fused-ring (bicyclic) bond motifs is 5. The summed E-state index contributed by atoms with van der Waals surface area (Å²) >= 11 is 0. The maximum absolute atomic E-state index is 13.5. The molecule has 2 bridgehead atoms. The molecule has 3 amide bonds. The molecule has 1 N–H and O–H groups in total. The number of nitrogens with zero attached hydrogens (tertiary/aromatic N) is 2. The SMILES string of the molecule is C[C@]12O[C@](C)(C[C@@H]1NC(=O)OCC1CC1)[C@@H]1C(=O)N(c3ccc(C#N)c(C(F)(F)F)c3)C(=O)[C@@H]12. The highest BCUT2D eigenvalue weighted by molar-refractivity contribution is 6.23. The van der Waals surface area contributed by atoms with Crippen molar-refractivity contribution in [2.75, 3.05) is 11.5 Å². The van der Waals surface area contributed by atoms with Crippen molar-refractivity contribution >= 4 is 23.6 Å². The Morgan fingerprint density at radius 2 is 1.94 bits per heavy atom. The molecule has 11 heteroatoms. The first kappa shape index (κ1) is 22.7.